The van der Waals surface area contributed by atoms with Crippen molar-refractivity contribution >= 4 is 18.7 Å². The van der Waals surface area contributed by atoms with Crippen molar-refractivity contribution in [2.24, 2.45) is 5.92 Å². The smallest absolute Gasteiger partial charge is 0.261 e. The zero-order chi connectivity index (χ0) is 22.8. The Balaban J connectivity index is 1.90. The fourth-order valence-electron chi connectivity index (χ4n) is 5.22. The van der Waals surface area contributed by atoms with Crippen LogP contribution in [0.25, 0.3) is 0 Å². The summed E-state index contributed by atoms with van der Waals surface area (Å²) in [5.74, 6) is -0.177. The van der Waals surface area contributed by atoms with Crippen LogP contribution in [0.4, 0.5) is 0 Å². The van der Waals surface area contributed by atoms with Gasteiger partial charge in [0.1, 0.15) is 0 Å². The highest BCUT2D eigenvalue weighted by molar-refractivity contribution is 6.99. The number of aliphatic hydroxyl groups excluding tert-OH is 2. The van der Waals surface area contributed by atoms with E-state index in [1.807, 2.05) is 18.2 Å². The van der Waals surface area contributed by atoms with Crippen LogP contribution < -0.4 is 10.4 Å². The van der Waals surface area contributed by atoms with Crippen LogP contribution in [0.2, 0.25) is 5.04 Å². The van der Waals surface area contributed by atoms with E-state index in [0.717, 1.165) is 24.0 Å². The first-order chi connectivity index (χ1) is 15.4. The van der Waals surface area contributed by atoms with E-state index < -0.39 is 14.4 Å². The Hall–Kier alpha value is -2.24. The van der Waals surface area contributed by atoms with Crippen LogP contribution >= 0.6 is 0 Å². The Kier molecular flexibility index (Phi) is 6.68. The first-order valence-electron chi connectivity index (χ1n) is 11.5. The third-order valence-corrected chi connectivity index (χ3v) is 11.9. The maximum absolute atomic E-state index is 11.0. The van der Waals surface area contributed by atoms with Crippen LogP contribution in [0.1, 0.15) is 56.9 Å². The molecule has 0 spiro atoms. The van der Waals surface area contributed by atoms with Gasteiger partial charge in [0, 0.05) is 12.5 Å². The number of rotatable bonds is 5. The van der Waals surface area contributed by atoms with Crippen LogP contribution in [-0.2, 0) is 4.43 Å². The van der Waals surface area contributed by atoms with E-state index in [1.54, 1.807) is 0 Å². The summed E-state index contributed by atoms with van der Waals surface area (Å²) in [6.07, 6.45) is 0.659. The SMILES string of the molecule is CC(C)(C)[Si](OC1CCC(CO)C(O)c2ccccc21)(c1ccccc1)c1ccccc1. The molecule has 0 aromatic heterocycles. The normalized spacial score (nSPS) is 21.6. The summed E-state index contributed by atoms with van der Waals surface area (Å²) in [6, 6.07) is 29.4. The predicted octanol–water partition coefficient (Wildman–Crippen LogP) is 4.74. The molecule has 0 bridgehead atoms. The zero-order valence-electron chi connectivity index (χ0n) is 19.2. The number of aliphatic hydroxyl groups is 2. The van der Waals surface area contributed by atoms with Gasteiger partial charge in [0.05, 0.1) is 12.2 Å². The molecule has 2 N–H and O–H groups in total. The van der Waals surface area contributed by atoms with Gasteiger partial charge >= 0.3 is 0 Å². The fourth-order valence-corrected chi connectivity index (χ4v) is 9.91. The minimum atomic E-state index is -2.73. The minimum Gasteiger partial charge on any atom is -0.400 e. The number of hydrogen-bond donors (Lipinski definition) is 2. The largest absolute Gasteiger partial charge is 0.400 e. The monoisotopic (exact) mass is 446 g/mol. The van der Waals surface area contributed by atoms with Crippen molar-refractivity contribution in [3.8, 4) is 0 Å². The molecule has 1 aliphatic carbocycles. The lowest BCUT2D eigenvalue weighted by molar-refractivity contribution is 0.0610. The quantitative estimate of drug-likeness (QED) is 0.440. The topological polar surface area (TPSA) is 49.7 Å². The Morgan fingerprint density at radius 1 is 0.781 bits per heavy atom. The van der Waals surface area contributed by atoms with Crippen molar-refractivity contribution in [3.05, 3.63) is 96.1 Å². The van der Waals surface area contributed by atoms with E-state index in [-0.39, 0.29) is 23.7 Å². The van der Waals surface area contributed by atoms with Crippen LogP contribution in [0, 0.1) is 5.92 Å². The fraction of sp³-hybridized carbons (Fsp3) is 0.357. The van der Waals surface area contributed by atoms with E-state index in [1.165, 1.54) is 10.4 Å². The van der Waals surface area contributed by atoms with Crippen LogP contribution in [-0.4, -0.2) is 25.1 Å². The zero-order valence-corrected chi connectivity index (χ0v) is 20.2. The highest BCUT2D eigenvalue weighted by Crippen LogP contribution is 2.45. The van der Waals surface area contributed by atoms with Gasteiger partial charge in [-0.25, -0.2) is 0 Å². The summed E-state index contributed by atoms with van der Waals surface area (Å²) in [4.78, 5) is 0. The molecule has 0 amide bonds. The molecule has 4 heteroatoms. The van der Waals surface area contributed by atoms with Crippen molar-refractivity contribution in [1.82, 2.24) is 0 Å². The summed E-state index contributed by atoms with van der Waals surface area (Å²) in [7, 11) is -2.73. The molecule has 0 radical (unpaired) electrons. The third-order valence-electron chi connectivity index (χ3n) is 6.88. The van der Waals surface area contributed by atoms with Gasteiger partial charge in [-0.2, -0.15) is 0 Å². The summed E-state index contributed by atoms with van der Waals surface area (Å²) in [6.45, 7) is 6.83. The second kappa shape index (κ2) is 9.32. The van der Waals surface area contributed by atoms with Crippen LogP contribution in [0.15, 0.2) is 84.9 Å². The van der Waals surface area contributed by atoms with E-state index in [2.05, 4.69) is 87.5 Å². The second-order valence-electron chi connectivity index (χ2n) is 9.86. The Labute approximate surface area is 192 Å². The number of benzene rings is 3. The van der Waals surface area contributed by atoms with Crippen molar-refractivity contribution in [2.45, 2.75) is 50.9 Å². The minimum absolute atomic E-state index is 0.0264. The lowest BCUT2D eigenvalue weighted by Gasteiger charge is -2.45. The molecule has 4 rings (SSSR count). The molecule has 0 fully saturated rings. The van der Waals surface area contributed by atoms with Crippen molar-refractivity contribution < 1.29 is 14.6 Å². The van der Waals surface area contributed by atoms with E-state index in [9.17, 15) is 10.2 Å². The Morgan fingerprint density at radius 3 is 1.78 bits per heavy atom. The summed E-state index contributed by atoms with van der Waals surface area (Å²) >= 11 is 0. The predicted molar refractivity (Wildman–Crippen MR) is 133 cm³/mol. The van der Waals surface area contributed by atoms with Gasteiger partial charge in [-0.15, -0.1) is 0 Å². The molecule has 3 atom stereocenters. The van der Waals surface area contributed by atoms with Crippen molar-refractivity contribution in [3.63, 3.8) is 0 Å². The summed E-state index contributed by atoms with van der Waals surface area (Å²) < 4.78 is 7.41. The standard InChI is InChI=1S/C28H34O3Si/c1-28(2,3)32(22-12-6-4-7-13-22,23-14-8-5-9-15-23)31-26-19-18-21(20-29)27(30)25-17-11-10-16-24(25)26/h4-17,21,26-27,29-30H,18-20H2,1-3H3. The van der Waals surface area contributed by atoms with Crippen molar-refractivity contribution in [1.29, 1.82) is 0 Å². The van der Waals surface area contributed by atoms with Gasteiger partial charge in [-0.1, -0.05) is 106 Å². The maximum Gasteiger partial charge on any atom is 0.261 e. The molecule has 168 valence electrons. The molecule has 0 aliphatic heterocycles. The molecule has 3 nitrogen and oxygen atoms in total. The molecule has 3 aromatic carbocycles. The molecular formula is C28H34O3Si. The Morgan fingerprint density at radius 2 is 1.28 bits per heavy atom. The highest BCUT2D eigenvalue weighted by Gasteiger charge is 2.52. The van der Waals surface area contributed by atoms with Gasteiger partial charge in [0.25, 0.3) is 8.32 Å². The van der Waals surface area contributed by atoms with E-state index >= 15 is 0 Å². The molecule has 1 aliphatic rings. The molecule has 0 saturated heterocycles. The first kappa shape index (κ1) is 22.9. The average molecular weight is 447 g/mol. The lowest BCUT2D eigenvalue weighted by atomic mass is 9.94. The lowest BCUT2D eigenvalue weighted by Crippen LogP contribution is -2.66. The molecule has 3 unspecified atom stereocenters. The number of hydrogen-bond acceptors (Lipinski definition) is 3. The van der Waals surface area contributed by atoms with Crippen LogP contribution in [0.5, 0.6) is 0 Å². The molecule has 0 saturated carbocycles. The second-order valence-corrected chi connectivity index (χ2v) is 14.1. The van der Waals surface area contributed by atoms with Gasteiger partial charge in [-0.05, 0) is 39.4 Å². The third kappa shape index (κ3) is 4.08. The van der Waals surface area contributed by atoms with E-state index in [0.29, 0.717) is 0 Å². The summed E-state index contributed by atoms with van der Waals surface area (Å²) in [5, 5.41) is 23.3. The maximum atomic E-state index is 11.0. The van der Waals surface area contributed by atoms with Gasteiger partial charge in [0.15, 0.2) is 0 Å². The molecular weight excluding hydrogens is 412 g/mol. The Bertz CT molecular complexity index is 974. The molecule has 3 aromatic rings. The average Bonchev–Trinajstić information content (AvgIpc) is 2.94. The molecule has 0 heterocycles. The van der Waals surface area contributed by atoms with Crippen LogP contribution in [0.3, 0.4) is 0 Å². The van der Waals surface area contributed by atoms with Gasteiger partial charge in [-0.3, -0.25) is 0 Å². The van der Waals surface area contributed by atoms with E-state index in [4.69, 9.17) is 4.43 Å². The van der Waals surface area contributed by atoms with Crippen molar-refractivity contribution in [2.75, 3.05) is 6.61 Å². The first-order valence-corrected chi connectivity index (χ1v) is 13.5. The van der Waals surface area contributed by atoms with Gasteiger partial charge < -0.3 is 14.6 Å². The summed E-state index contributed by atoms with van der Waals surface area (Å²) in [5.41, 5.74) is 1.93. The highest BCUT2D eigenvalue weighted by atomic mass is 28.4. The number of fused-ring (bicyclic) bond motifs is 1. The molecule has 32 heavy (non-hydrogen) atoms. The van der Waals surface area contributed by atoms with Gasteiger partial charge in [0.2, 0.25) is 0 Å².